The van der Waals surface area contributed by atoms with E-state index in [9.17, 15) is 10.1 Å². The van der Waals surface area contributed by atoms with Crippen molar-refractivity contribution in [3.63, 3.8) is 0 Å². The minimum atomic E-state index is -0.407. The average molecular weight is 187 g/mol. The van der Waals surface area contributed by atoms with Crippen LogP contribution in [0.3, 0.4) is 0 Å². The second kappa shape index (κ2) is 4.03. The van der Waals surface area contributed by atoms with Crippen LogP contribution in [0.15, 0.2) is 11.4 Å². The number of anilines is 1. The van der Waals surface area contributed by atoms with Crippen LogP contribution in [0.2, 0.25) is 0 Å². The van der Waals surface area contributed by atoms with Crippen LogP contribution in [0, 0.1) is 10.1 Å². The first-order valence-electron chi connectivity index (χ1n) is 3.41. The summed E-state index contributed by atoms with van der Waals surface area (Å²) in [6.45, 7) is 1.02. The summed E-state index contributed by atoms with van der Waals surface area (Å²) in [6.07, 6.45) is 0. The highest BCUT2D eigenvalue weighted by molar-refractivity contribution is 7.14. The molecule has 0 aliphatic carbocycles. The zero-order valence-corrected chi connectivity index (χ0v) is 7.13. The average Bonchev–Trinajstić information content (AvgIpc) is 2.48. The Kier molecular flexibility index (Phi) is 3.01. The van der Waals surface area contributed by atoms with Crippen LogP contribution >= 0.6 is 11.3 Å². The van der Waals surface area contributed by atoms with Crippen molar-refractivity contribution in [1.29, 1.82) is 0 Å². The highest BCUT2D eigenvalue weighted by atomic mass is 32.1. The second-order valence-electron chi connectivity index (χ2n) is 2.11. The second-order valence-corrected chi connectivity index (χ2v) is 3.02. The first kappa shape index (κ1) is 8.95. The normalized spacial score (nSPS) is 9.75. The van der Waals surface area contributed by atoms with Gasteiger partial charge in [0, 0.05) is 19.2 Å². The molecule has 0 fully saturated rings. The Morgan fingerprint density at radius 1 is 1.75 bits per heavy atom. The third kappa shape index (κ3) is 1.93. The predicted molar refractivity (Wildman–Crippen MR) is 48.5 cm³/mol. The molecule has 12 heavy (non-hydrogen) atoms. The maximum absolute atomic E-state index is 10.4. The van der Waals surface area contributed by atoms with Gasteiger partial charge in [-0.25, -0.2) is 0 Å². The van der Waals surface area contributed by atoms with E-state index in [0.29, 0.717) is 18.1 Å². The number of thiophene rings is 1. The molecule has 0 aromatic carbocycles. The van der Waals surface area contributed by atoms with E-state index in [-0.39, 0.29) is 5.69 Å². The highest BCUT2D eigenvalue weighted by Gasteiger charge is 2.13. The fraction of sp³-hybridized carbons (Fsp3) is 0.333. The van der Waals surface area contributed by atoms with Crippen LogP contribution in [0.25, 0.3) is 0 Å². The van der Waals surface area contributed by atoms with Gasteiger partial charge in [0.1, 0.15) is 0 Å². The molecular formula is C6H9N3O2S. The lowest BCUT2D eigenvalue weighted by molar-refractivity contribution is -0.383. The number of rotatable bonds is 4. The largest absolute Gasteiger partial charge is 0.370 e. The van der Waals surface area contributed by atoms with Crippen LogP contribution < -0.4 is 11.1 Å². The number of nitro groups is 1. The van der Waals surface area contributed by atoms with E-state index in [4.69, 9.17) is 5.73 Å². The Balaban J connectivity index is 2.70. The molecule has 0 amide bonds. The number of nitrogens with one attached hydrogen (secondary N) is 1. The summed E-state index contributed by atoms with van der Waals surface area (Å²) in [5, 5.41) is 15.5. The number of nitrogens with two attached hydrogens (primary N) is 1. The van der Waals surface area contributed by atoms with Crippen LogP contribution in [0.1, 0.15) is 0 Å². The molecule has 3 N–H and O–H groups in total. The molecular weight excluding hydrogens is 178 g/mol. The molecule has 0 bridgehead atoms. The molecule has 0 atom stereocenters. The van der Waals surface area contributed by atoms with Gasteiger partial charge in [-0.1, -0.05) is 0 Å². The van der Waals surface area contributed by atoms with Gasteiger partial charge in [-0.2, -0.15) is 0 Å². The third-order valence-electron chi connectivity index (χ3n) is 1.27. The van der Waals surface area contributed by atoms with Crippen molar-refractivity contribution >= 4 is 22.0 Å². The predicted octanol–water partition coefficient (Wildman–Crippen LogP) is 1.03. The smallest absolute Gasteiger partial charge is 0.303 e. The summed E-state index contributed by atoms with van der Waals surface area (Å²) in [5.74, 6) is 0. The Labute approximate surface area is 73.3 Å². The minimum absolute atomic E-state index is 0.119. The molecule has 5 nitrogen and oxygen atoms in total. The van der Waals surface area contributed by atoms with Gasteiger partial charge in [0.25, 0.3) is 0 Å². The molecule has 0 aliphatic heterocycles. The summed E-state index contributed by atoms with van der Waals surface area (Å²) in [4.78, 5) is 9.98. The van der Waals surface area contributed by atoms with Gasteiger partial charge in [0.15, 0.2) is 5.00 Å². The van der Waals surface area contributed by atoms with Crippen molar-refractivity contribution in [3.8, 4) is 0 Å². The van der Waals surface area contributed by atoms with E-state index in [1.165, 1.54) is 17.4 Å². The fourth-order valence-electron chi connectivity index (χ4n) is 0.764. The Bertz CT molecular complexity index is 274. The van der Waals surface area contributed by atoms with Gasteiger partial charge in [0.05, 0.1) is 4.92 Å². The van der Waals surface area contributed by atoms with E-state index in [2.05, 4.69) is 5.32 Å². The van der Waals surface area contributed by atoms with E-state index in [1.807, 2.05) is 0 Å². The van der Waals surface area contributed by atoms with Gasteiger partial charge in [-0.05, 0) is 5.38 Å². The van der Waals surface area contributed by atoms with Gasteiger partial charge >= 0.3 is 5.69 Å². The molecule has 1 aromatic rings. The third-order valence-corrected chi connectivity index (χ3v) is 2.13. The molecule has 6 heteroatoms. The molecule has 0 saturated carbocycles. The van der Waals surface area contributed by atoms with Gasteiger partial charge < -0.3 is 11.1 Å². The highest BCUT2D eigenvalue weighted by Crippen LogP contribution is 2.29. The lowest BCUT2D eigenvalue weighted by atomic mass is 10.5. The summed E-state index contributed by atoms with van der Waals surface area (Å²) < 4.78 is 0. The maximum atomic E-state index is 10.4. The quantitative estimate of drug-likeness (QED) is 0.544. The first-order chi connectivity index (χ1) is 5.75. The van der Waals surface area contributed by atoms with Crippen molar-refractivity contribution in [3.05, 3.63) is 21.6 Å². The van der Waals surface area contributed by atoms with Crippen molar-refractivity contribution in [2.75, 3.05) is 18.4 Å². The van der Waals surface area contributed by atoms with Gasteiger partial charge in [-0.3, -0.25) is 10.1 Å². The van der Waals surface area contributed by atoms with Crippen LogP contribution in [0.4, 0.5) is 10.7 Å². The fourth-order valence-corrected chi connectivity index (χ4v) is 1.55. The number of nitrogens with zero attached hydrogens (tertiary/aromatic N) is 1. The standard InChI is InChI=1S/C6H9N3O2S/c7-2-3-8-6-5(9(10)11)1-4-12-6/h1,4,8H,2-3,7H2. The number of hydrogen-bond donors (Lipinski definition) is 2. The molecule has 0 unspecified atom stereocenters. The van der Waals surface area contributed by atoms with Crippen molar-refractivity contribution in [2.45, 2.75) is 0 Å². The molecule has 1 aromatic heterocycles. The van der Waals surface area contributed by atoms with Crippen LogP contribution in [-0.4, -0.2) is 18.0 Å². The van der Waals surface area contributed by atoms with Crippen molar-refractivity contribution in [1.82, 2.24) is 0 Å². The first-order valence-corrected chi connectivity index (χ1v) is 4.29. The van der Waals surface area contributed by atoms with Crippen LogP contribution in [-0.2, 0) is 0 Å². The molecule has 1 heterocycles. The van der Waals surface area contributed by atoms with E-state index >= 15 is 0 Å². The summed E-state index contributed by atoms with van der Waals surface area (Å²) >= 11 is 1.31. The van der Waals surface area contributed by atoms with Gasteiger partial charge in [-0.15, -0.1) is 11.3 Å². The lowest BCUT2D eigenvalue weighted by Gasteiger charge is -1.98. The molecule has 1 rings (SSSR count). The summed E-state index contributed by atoms with van der Waals surface area (Å²) in [6, 6.07) is 1.48. The Morgan fingerprint density at radius 3 is 3.08 bits per heavy atom. The van der Waals surface area contributed by atoms with E-state index in [0.717, 1.165) is 0 Å². The molecule has 66 valence electrons. The van der Waals surface area contributed by atoms with E-state index in [1.54, 1.807) is 5.38 Å². The SMILES string of the molecule is NCCNc1sccc1[N+](=O)[O-]. The molecule has 0 radical (unpaired) electrons. The Hall–Kier alpha value is -1.14. The summed E-state index contributed by atoms with van der Waals surface area (Å²) in [7, 11) is 0. The summed E-state index contributed by atoms with van der Waals surface area (Å²) in [5.41, 5.74) is 5.36. The topological polar surface area (TPSA) is 81.2 Å². The molecule has 0 saturated heterocycles. The van der Waals surface area contributed by atoms with Crippen molar-refractivity contribution in [2.24, 2.45) is 5.73 Å². The lowest BCUT2D eigenvalue weighted by Crippen LogP contribution is -2.12. The van der Waals surface area contributed by atoms with Crippen LogP contribution in [0.5, 0.6) is 0 Å². The zero-order chi connectivity index (χ0) is 8.97. The van der Waals surface area contributed by atoms with Crippen molar-refractivity contribution < 1.29 is 4.92 Å². The molecule has 0 aliphatic rings. The maximum Gasteiger partial charge on any atom is 0.303 e. The zero-order valence-electron chi connectivity index (χ0n) is 6.32. The molecule has 0 spiro atoms. The number of hydrogen-bond acceptors (Lipinski definition) is 5. The van der Waals surface area contributed by atoms with E-state index < -0.39 is 4.92 Å². The minimum Gasteiger partial charge on any atom is -0.370 e. The van der Waals surface area contributed by atoms with Gasteiger partial charge in [0.2, 0.25) is 0 Å². The monoisotopic (exact) mass is 187 g/mol. The Morgan fingerprint density at radius 2 is 2.50 bits per heavy atom.